The molecule has 0 amide bonds. The molecule has 3 rings (SSSR count). The van der Waals surface area contributed by atoms with Gasteiger partial charge >= 0.3 is 0 Å². The second kappa shape index (κ2) is 5.32. The molecule has 3 heterocycles. The molecule has 3 fully saturated rings. The third-order valence-electron chi connectivity index (χ3n) is 6.02. The van der Waals surface area contributed by atoms with Crippen molar-refractivity contribution in [2.45, 2.75) is 59.3 Å². The maximum atomic E-state index is 12.4. The van der Waals surface area contributed by atoms with Gasteiger partial charge in [0.2, 0.25) is 0 Å². The van der Waals surface area contributed by atoms with Crippen molar-refractivity contribution in [2.75, 3.05) is 19.6 Å². The van der Waals surface area contributed by atoms with E-state index >= 15 is 0 Å². The SMILES string of the molecule is CCN1C2NC3CCNCC3C2C(C(C)(C)C)C1C(C)=O. The van der Waals surface area contributed by atoms with Crippen molar-refractivity contribution in [2.24, 2.45) is 23.2 Å². The molecule has 120 valence electrons. The average molecular weight is 293 g/mol. The van der Waals surface area contributed by atoms with Crippen molar-refractivity contribution >= 4 is 5.78 Å². The third kappa shape index (κ3) is 2.36. The van der Waals surface area contributed by atoms with Crippen LogP contribution in [0.5, 0.6) is 0 Å². The third-order valence-corrected chi connectivity index (χ3v) is 6.02. The first-order valence-corrected chi connectivity index (χ1v) is 8.59. The molecular weight excluding hydrogens is 262 g/mol. The van der Waals surface area contributed by atoms with E-state index in [1.54, 1.807) is 6.92 Å². The highest BCUT2D eigenvalue weighted by molar-refractivity contribution is 5.82. The summed E-state index contributed by atoms with van der Waals surface area (Å²) >= 11 is 0. The van der Waals surface area contributed by atoms with E-state index in [4.69, 9.17) is 0 Å². The van der Waals surface area contributed by atoms with Crippen molar-refractivity contribution in [1.29, 1.82) is 0 Å². The highest BCUT2D eigenvalue weighted by Crippen LogP contribution is 2.52. The molecule has 3 aliphatic rings. The summed E-state index contributed by atoms with van der Waals surface area (Å²) in [7, 11) is 0. The first kappa shape index (κ1) is 15.4. The second-order valence-electron chi connectivity index (χ2n) is 8.23. The number of ketones is 1. The van der Waals surface area contributed by atoms with E-state index in [1.807, 2.05) is 0 Å². The Morgan fingerprint density at radius 3 is 2.62 bits per heavy atom. The van der Waals surface area contributed by atoms with Crippen LogP contribution in [0.2, 0.25) is 0 Å². The number of rotatable bonds is 2. The van der Waals surface area contributed by atoms with Gasteiger partial charge in [0.05, 0.1) is 12.2 Å². The van der Waals surface area contributed by atoms with Gasteiger partial charge in [-0.15, -0.1) is 0 Å². The molecule has 3 aliphatic heterocycles. The average Bonchev–Trinajstić information content (AvgIpc) is 2.90. The van der Waals surface area contributed by atoms with Crippen molar-refractivity contribution in [3.05, 3.63) is 0 Å². The van der Waals surface area contributed by atoms with Gasteiger partial charge in [-0.05, 0) is 56.1 Å². The molecule has 0 aromatic heterocycles. The highest BCUT2D eigenvalue weighted by Gasteiger charge is 2.60. The summed E-state index contributed by atoms with van der Waals surface area (Å²) in [5.41, 5.74) is 0.164. The van der Waals surface area contributed by atoms with E-state index in [-0.39, 0.29) is 11.5 Å². The summed E-state index contributed by atoms with van der Waals surface area (Å²) in [5, 5.41) is 7.45. The van der Waals surface area contributed by atoms with E-state index in [0.29, 0.717) is 35.7 Å². The zero-order chi connectivity index (χ0) is 15.4. The summed E-state index contributed by atoms with van der Waals surface area (Å²) in [6, 6.07) is 0.716. The quantitative estimate of drug-likeness (QED) is 0.809. The van der Waals surface area contributed by atoms with Crippen LogP contribution in [-0.2, 0) is 4.79 Å². The van der Waals surface area contributed by atoms with E-state index in [2.05, 4.69) is 43.2 Å². The Morgan fingerprint density at radius 1 is 1.33 bits per heavy atom. The second-order valence-corrected chi connectivity index (χ2v) is 8.23. The predicted molar refractivity (Wildman–Crippen MR) is 85.0 cm³/mol. The van der Waals surface area contributed by atoms with E-state index in [0.717, 1.165) is 19.6 Å². The number of fused-ring (bicyclic) bond motifs is 3. The number of hydrogen-bond acceptors (Lipinski definition) is 4. The lowest BCUT2D eigenvalue weighted by Crippen LogP contribution is -2.52. The first-order chi connectivity index (χ1) is 9.86. The molecule has 4 heteroatoms. The number of carbonyl (C=O) groups is 1. The van der Waals surface area contributed by atoms with Crippen LogP contribution >= 0.6 is 0 Å². The van der Waals surface area contributed by atoms with Crippen LogP contribution in [0.3, 0.4) is 0 Å². The molecule has 3 saturated heterocycles. The molecule has 6 atom stereocenters. The molecule has 0 radical (unpaired) electrons. The highest BCUT2D eigenvalue weighted by atomic mass is 16.1. The van der Waals surface area contributed by atoms with Crippen LogP contribution < -0.4 is 10.6 Å². The van der Waals surface area contributed by atoms with Gasteiger partial charge in [-0.3, -0.25) is 15.0 Å². The van der Waals surface area contributed by atoms with Gasteiger partial charge in [-0.25, -0.2) is 0 Å². The zero-order valence-electron chi connectivity index (χ0n) is 14.1. The van der Waals surface area contributed by atoms with Gasteiger partial charge in [0, 0.05) is 6.04 Å². The Kier molecular flexibility index (Phi) is 3.92. The van der Waals surface area contributed by atoms with Crippen molar-refractivity contribution in [3.63, 3.8) is 0 Å². The molecule has 0 aromatic rings. The number of nitrogens with zero attached hydrogens (tertiary/aromatic N) is 1. The van der Waals surface area contributed by atoms with Gasteiger partial charge in [0.1, 0.15) is 5.78 Å². The number of likely N-dealkylation sites (tertiary alicyclic amines) is 1. The van der Waals surface area contributed by atoms with Gasteiger partial charge in [0.25, 0.3) is 0 Å². The van der Waals surface area contributed by atoms with E-state index in [9.17, 15) is 4.79 Å². The van der Waals surface area contributed by atoms with E-state index in [1.165, 1.54) is 6.42 Å². The molecule has 21 heavy (non-hydrogen) atoms. The van der Waals surface area contributed by atoms with Crippen molar-refractivity contribution in [3.8, 4) is 0 Å². The fraction of sp³-hybridized carbons (Fsp3) is 0.941. The molecule has 0 aromatic carbocycles. The van der Waals surface area contributed by atoms with Crippen molar-refractivity contribution in [1.82, 2.24) is 15.5 Å². The summed E-state index contributed by atoms with van der Waals surface area (Å²) in [6.07, 6.45) is 1.61. The Morgan fingerprint density at radius 2 is 2.05 bits per heavy atom. The maximum absolute atomic E-state index is 12.4. The zero-order valence-corrected chi connectivity index (χ0v) is 14.1. The Balaban J connectivity index is 1.99. The molecule has 6 unspecified atom stereocenters. The standard InChI is InChI=1S/C17H31N3O/c1-6-20-15(10(2)21)14(17(3,4)5)13-11-9-18-8-7-12(11)19-16(13)20/h11-16,18-19H,6-9H2,1-5H3. The smallest absolute Gasteiger partial charge is 0.147 e. The van der Waals surface area contributed by atoms with Crippen LogP contribution in [0.25, 0.3) is 0 Å². The fourth-order valence-electron chi connectivity index (χ4n) is 5.36. The summed E-state index contributed by atoms with van der Waals surface area (Å²) in [6.45, 7) is 14.1. The maximum Gasteiger partial charge on any atom is 0.147 e. The molecule has 0 aliphatic carbocycles. The lowest BCUT2D eigenvalue weighted by molar-refractivity contribution is -0.124. The molecule has 4 nitrogen and oxygen atoms in total. The Bertz CT molecular complexity index is 417. The summed E-state index contributed by atoms with van der Waals surface area (Å²) < 4.78 is 0. The lowest BCUT2D eigenvalue weighted by atomic mass is 9.66. The topological polar surface area (TPSA) is 44.4 Å². The minimum Gasteiger partial charge on any atom is -0.316 e. The molecular formula is C17H31N3O. The number of likely N-dealkylation sites (N-methyl/N-ethyl adjacent to an activating group) is 1. The van der Waals surface area contributed by atoms with Crippen LogP contribution in [0.15, 0.2) is 0 Å². The number of hydrogen-bond donors (Lipinski definition) is 2. The van der Waals surface area contributed by atoms with Gasteiger partial charge in [-0.1, -0.05) is 27.7 Å². The van der Waals surface area contributed by atoms with Crippen LogP contribution in [0.1, 0.15) is 41.0 Å². The van der Waals surface area contributed by atoms with Gasteiger partial charge in [0.15, 0.2) is 0 Å². The summed E-state index contributed by atoms with van der Waals surface area (Å²) in [4.78, 5) is 14.8. The number of carbonyl (C=O) groups excluding carboxylic acids is 1. The molecule has 0 bridgehead atoms. The van der Waals surface area contributed by atoms with Crippen LogP contribution in [-0.4, -0.2) is 48.6 Å². The lowest BCUT2D eigenvalue weighted by Gasteiger charge is -2.40. The molecule has 0 saturated carbocycles. The minimum atomic E-state index is 0.0837. The Labute approximate surface area is 129 Å². The fourth-order valence-corrected chi connectivity index (χ4v) is 5.36. The number of nitrogens with one attached hydrogen (secondary N) is 2. The number of piperidine rings is 1. The normalized spacial score (nSPS) is 43.7. The first-order valence-electron chi connectivity index (χ1n) is 8.59. The predicted octanol–water partition coefficient (Wildman–Crippen LogP) is 1.47. The number of Topliss-reactive ketones (excluding diaryl/α,β-unsaturated/α-hetero) is 1. The Hall–Kier alpha value is -0.450. The minimum absolute atomic E-state index is 0.0837. The largest absolute Gasteiger partial charge is 0.316 e. The monoisotopic (exact) mass is 293 g/mol. The van der Waals surface area contributed by atoms with E-state index < -0.39 is 0 Å². The van der Waals surface area contributed by atoms with Gasteiger partial charge in [-0.2, -0.15) is 0 Å². The molecule has 2 N–H and O–H groups in total. The van der Waals surface area contributed by atoms with Crippen LogP contribution in [0, 0.1) is 23.2 Å². The van der Waals surface area contributed by atoms with Crippen LogP contribution in [0.4, 0.5) is 0 Å². The van der Waals surface area contributed by atoms with Crippen molar-refractivity contribution < 1.29 is 4.79 Å². The molecule has 0 spiro atoms. The van der Waals surface area contributed by atoms with Gasteiger partial charge < -0.3 is 5.32 Å². The summed E-state index contributed by atoms with van der Waals surface area (Å²) in [5.74, 6) is 2.05.